The van der Waals surface area contributed by atoms with Gasteiger partial charge in [0.05, 0.1) is 24.0 Å². The van der Waals surface area contributed by atoms with Crippen LogP contribution in [0.4, 0.5) is 0 Å². The minimum atomic E-state index is -0.0872. The summed E-state index contributed by atoms with van der Waals surface area (Å²) in [4.78, 5) is 23.9. The lowest BCUT2D eigenvalue weighted by atomic mass is 10.2. The van der Waals surface area contributed by atoms with Crippen molar-refractivity contribution < 1.29 is 4.79 Å². The van der Waals surface area contributed by atoms with Crippen LogP contribution in [0, 0.1) is 6.92 Å². The molecular weight excluding hydrogens is 326 g/mol. The summed E-state index contributed by atoms with van der Waals surface area (Å²) in [5.74, 6) is 0.0761. The Bertz CT molecular complexity index is 905. The number of rotatable bonds is 5. The van der Waals surface area contributed by atoms with Crippen LogP contribution in [0.5, 0.6) is 0 Å². The van der Waals surface area contributed by atoms with Crippen molar-refractivity contribution in [3.05, 3.63) is 65.9 Å². The molecule has 1 fully saturated rings. The van der Waals surface area contributed by atoms with Crippen LogP contribution in [0.3, 0.4) is 0 Å². The van der Waals surface area contributed by atoms with Crippen LogP contribution < -0.4 is 5.32 Å². The molecule has 0 spiro atoms. The third kappa shape index (κ3) is 3.46. The maximum atomic E-state index is 12.7. The first kappa shape index (κ1) is 16.7. The van der Waals surface area contributed by atoms with Gasteiger partial charge >= 0.3 is 0 Å². The molecular formula is C20H23N5O. The second-order valence-electron chi connectivity index (χ2n) is 6.79. The fourth-order valence-electron chi connectivity index (χ4n) is 3.59. The molecule has 26 heavy (non-hydrogen) atoms. The number of nitrogens with zero attached hydrogens (tertiary/aromatic N) is 4. The molecule has 1 amide bonds. The average molecular weight is 349 g/mol. The molecule has 1 unspecified atom stereocenters. The van der Waals surface area contributed by atoms with E-state index in [2.05, 4.69) is 20.2 Å². The molecule has 1 aliphatic rings. The molecule has 0 saturated carbocycles. The van der Waals surface area contributed by atoms with Gasteiger partial charge < -0.3 is 9.72 Å². The second kappa shape index (κ2) is 7.25. The van der Waals surface area contributed by atoms with Gasteiger partial charge in [-0.1, -0.05) is 12.1 Å². The van der Waals surface area contributed by atoms with Crippen LogP contribution in [0.15, 0.2) is 48.8 Å². The summed E-state index contributed by atoms with van der Waals surface area (Å²) >= 11 is 0. The minimum Gasteiger partial charge on any atom is -0.349 e. The monoisotopic (exact) mass is 349 g/mol. The molecule has 4 rings (SSSR count). The van der Waals surface area contributed by atoms with Crippen molar-refractivity contribution in [2.75, 3.05) is 6.54 Å². The maximum Gasteiger partial charge on any atom is 0.237 e. The molecule has 134 valence electrons. The highest BCUT2D eigenvalue weighted by Gasteiger charge is 2.30. The van der Waals surface area contributed by atoms with E-state index in [1.165, 1.54) is 0 Å². The third-order valence-electron chi connectivity index (χ3n) is 4.95. The molecule has 0 aromatic carbocycles. The Morgan fingerprint density at radius 3 is 2.96 bits per heavy atom. The van der Waals surface area contributed by atoms with E-state index in [0.29, 0.717) is 13.1 Å². The van der Waals surface area contributed by atoms with Gasteiger partial charge in [0.2, 0.25) is 5.91 Å². The summed E-state index contributed by atoms with van der Waals surface area (Å²) in [6, 6.07) is 11.8. The minimum absolute atomic E-state index is 0.0761. The van der Waals surface area contributed by atoms with Crippen molar-refractivity contribution in [3.63, 3.8) is 0 Å². The highest BCUT2D eigenvalue weighted by molar-refractivity contribution is 5.82. The van der Waals surface area contributed by atoms with Crippen LogP contribution in [0.1, 0.15) is 29.9 Å². The number of carbonyl (C=O) groups excluding carboxylic acids is 1. The van der Waals surface area contributed by atoms with Crippen LogP contribution in [0.25, 0.3) is 5.65 Å². The number of fused-ring (bicyclic) bond motifs is 1. The fraction of sp³-hybridized carbons (Fsp3) is 0.350. The fourth-order valence-corrected chi connectivity index (χ4v) is 3.59. The maximum absolute atomic E-state index is 12.7. The molecule has 4 heterocycles. The molecule has 1 aliphatic heterocycles. The normalized spacial score (nSPS) is 17.7. The zero-order valence-electron chi connectivity index (χ0n) is 14.9. The Hall–Kier alpha value is -2.73. The molecule has 0 aliphatic carbocycles. The van der Waals surface area contributed by atoms with Crippen molar-refractivity contribution in [3.8, 4) is 0 Å². The third-order valence-corrected chi connectivity index (χ3v) is 4.95. The number of aromatic nitrogens is 3. The Kier molecular flexibility index (Phi) is 4.67. The molecule has 1 atom stereocenters. The predicted octanol–water partition coefficient (Wildman–Crippen LogP) is 2.32. The molecule has 0 radical (unpaired) electrons. The summed E-state index contributed by atoms with van der Waals surface area (Å²) in [6.07, 6.45) is 5.72. The van der Waals surface area contributed by atoms with E-state index in [1.807, 2.05) is 53.9 Å². The predicted molar refractivity (Wildman–Crippen MR) is 99.4 cm³/mol. The number of hydrogen-bond donors (Lipinski definition) is 1. The summed E-state index contributed by atoms with van der Waals surface area (Å²) in [5.41, 5.74) is 3.92. The quantitative estimate of drug-likeness (QED) is 0.768. The van der Waals surface area contributed by atoms with Gasteiger partial charge in [0.25, 0.3) is 0 Å². The summed E-state index contributed by atoms with van der Waals surface area (Å²) in [6.45, 7) is 4.15. The summed E-state index contributed by atoms with van der Waals surface area (Å²) in [7, 11) is 0. The van der Waals surface area contributed by atoms with E-state index < -0.39 is 0 Å². The number of amides is 1. The van der Waals surface area contributed by atoms with Crippen LogP contribution in [-0.2, 0) is 17.9 Å². The number of pyridine rings is 2. The Labute approximate surface area is 152 Å². The molecule has 3 aromatic heterocycles. The van der Waals surface area contributed by atoms with Crippen molar-refractivity contribution in [2.45, 2.75) is 38.9 Å². The van der Waals surface area contributed by atoms with E-state index in [-0.39, 0.29) is 11.9 Å². The van der Waals surface area contributed by atoms with Crippen LogP contribution in [-0.4, -0.2) is 37.8 Å². The number of carbonyl (C=O) groups is 1. The zero-order chi connectivity index (χ0) is 17.9. The van der Waals surface area contributed by atoms with Gasteiger partial charge in [-0.25, -0.2) is 4.98 Å². The van der Waals surface area contributed by atoms with Crippen LogP contribution in [0.2, 0.25) is 0 Å². The Balaban J connectivity index is 1.39. The summed E-state index contributed by atoms with van der Waals surface area (Å²) < 4.78 is 2.05. The van der Waals surface area contributed by atoms with Gasteiger partial charge in [-0.05, 0) is 50.6 Å². The highest BCUT2D eigenvalue weighted by Crippen LogP contribution is 2.19. The number of hydrogen-bond acceptors (Lipinski definition) is 4. The van der Waals surface area contributed by atoms with E-state index in [4.69, 9.17) is 0 Å². The molecule has 3 aromatic rings. The van der Waals surface area contributed by atoms with Crippen LogP contribution >= 0.6 is 0 Å². The first-order valence-corrected chi connectivity index (χ1v) is 9.06. The van der Waals surface area contributed by atoms with Gasteiger partial charge in [0.15, 0.2) is 0 Å². The van der Waals surface area contributed by atoms with E-state index in [1.54, 1.807) is 6.20 Å². The Morgan fingerprint density at radius 1 is 1.23 bits per heavy atom. The zero-order valence-corrected chi connectivity index (χ0v) is 14.9. The van der Waals surface area contributed by atoms with Gasteiger partial charge in [-0.15, -0.1) is 0 Å². The van der Waals surface area contributed by atoms with E-state index in [0.717, 1.165) is 42.1 Å². The SMILES string of the molecule is Cc1cccc2nc(CNC(=O)C3CCCN3Cc3ccccn3)cn12. The second-order valence-corrected chi connectivity index (χ2v) is 6.79. The number of imidazole rings is 1. The topological polar surface area (TPSA) is 62.5 Å². The van der Waals surface area contributed by atoms with Gasteiger partial charge in [0, 0.05) is 24.6 Å². The number of aryl methyl sites for hydroxylation is 1. The van der Waals surface area contributed by atoms with Crippen molar-refractivity contribution >= 4 is 11.6 Å². The molecule has 1 N–H and O–H groups in total. The smallest absolute Gasteiger partial charge is 0.237 e. The molecule has 6 heteroatoms. The lowest BCUT2D eigenvalue weighted by Crippen LogP contribution is -2.42. The Morgan fingerprint density at radius 2 is 2.15 bits per heavy atom. The van der Waals surface area contributed by atoms with Gasteiger partial charge in [0.1, 0.15) is 5.65 Å². The number of likely N-dealkylation sites (tertiary alicyclic amines) is 1. The first-order chi connectivity index (χ1) is 12.7. The van der Waals surface area contributed by atoms with Crippen molar-refractivity contribution in [2.24, 2.45) is 0 Å². The molecule has 0 bridgehead atoms. The first-order valence-electron chi connectivity index (χ1n) is 9.06. The standard InChI is InChI=1S/C20H23N5O/c1-15-6-4-9-19-23-17(14-25(15)19)12-22-20(26)18-8-5-11-24(18)13-16-7-2-3-10-21-16/h2-4,6-7,9-10,14,18H,5,8,11-13H2,1H3,(H,22,26). The molecule has 6 nitrogen and oxygen atoms in total. The van der Waals surface area contributed by atoms with Crippen molar-refractivity contribution in [1.29, 1.82) is 0 Å². The highest BCUT2D eigenvalue weighted by atomic mass is 16.2. The average Bonchev–Trinajstić information content (AvgIpc) is 3.28. The summed E-state index contributed by atoms with van der Waals surface area (Å²) in [5, 5.41) is 3.06. The van der Waals surface area contributed by atoms with Crippen molar-refractivity contribution in [1.82, 2.24) is 24.6 Å². The largest absolute Gasteiger partial charge is 0.349 e. The van der Waals surface area contributed by atoms with E-state index in [9.17, 15) is 4.79 Å². The van der Waals surface area contributed by atoms with Gasteiger partial charge in [-0.3, -0.25) is 14.7 Å². The van der Waals surface area contributed by atoms with Gasteiger partial charge in [-0.2, -0.15) is 0 Å². The lowest BCUT2D eigenvalue weighted by molar-refractivity contribution is -0.125. The lowest BCUT2D eigenvalue weighted by Gasteiger charge is -2.23. The number of nitrogens with one attached hydrogen (secondary N) is 1. The van der Waals surface area contributed by atoms with E-state index >= 15 is 0 Å². The molecule has 1 saturated heterocycles.